The van der Waals surface area contributed by atoms with E-state index >= 15 is 0 Å². The van der Waals surface area contributed by atoms with Gasteiger partial charge in [0.05, 0.1) is 18.8 Å². The number of rotatable bonds is 3. The summed E-state index contributed by atoms with van der Waals surface area (Å²) in [6.07, 6.45) is 9.61. The molecule has 3 heteroatoms. The average molecular weight is 348 g/mol. The van der Waals surface area contributed by atoms with Crippen LogP contribution in [0.15, 0.2) is 12.2 Å². The Labute approximate surface area is 153 Å². The molecule has 0 bridgehead atoms. The van der Waals surface area contributed by atoms with E-state index < -0.39 is 0 Å². The van der Waals surface area contributed by atoms with E-state index in [9.17, 15) is 5.11 Å². The largest absolute Gasteiger partial charge is 0.393 e. The molecule has 0 aromatic carbocycles. The normalized spacial score (nSPS) is 52.4. The molecule has 0 amide bonds. The second-order valence-corrected chi connectivity index (χ2v) is 9.97. The second kappa shape index (κ2) is 6.35. The molecule has 4 fully saturated rings. The third-order valence-corrected chi connectivity index (χ3v) is 8.95. The third-order valence-electron chi connectivity index (χ3n) is 8.95. The molecule has 0 aromatic heterocycles. The Morgan fingerprint density at radius 3 is 2.80 bits per heavy atom. The summed E-state index contributed by atoms with van der Waals surface area (Å²) in [5.74, 6) is 2.84. The zero-order valence-electron chi connectivity index (χ0n) is 16.2. The summed E-state index contributed by atoms with van der Waals surface area (Å²) in [6.45, 7) is 10.7. The predicted octanol–water partition coefficient (Wildman–Crippen LogP) is 3.90. The van der Waals surface area contributed by atoms with Gasteiger partial charge in [0.2, 0.25) is 0 Å². The van der Waals surface area contributed by atoms with Crippen LogP contribution in [0.1, 0.15) is 65.2 Å². The van der Waals surface area contributed by atoms with Gasteiger partial charge in [-0.1, -0.05) is 26.0 Å². The number of hydrogen-bond acceptors (Lipinski definition) is 3. The lowest BCUT2D eigenvalue weighted by molar-refractivity contribution is -0.182. The van der Waals surface area contributed by atoms with E-state index in [0.29, 0.717) is 36.5 Å². The van der Waals surface area contributed by atoms with Gasteiger partial charge in [0.25, 0.3) is 0 Å². The van der Waals surface area contributed by atoms with Crippen molar-refractivity contribution in [3.05, 3.63) is 12.2 Å². The van der Waals surface area contributed by atoms with Gasteiger partial charge in [-0.3, -0.25) is 0 Å². The van der Waals surface area contributed by atoms with Crippen molar-refractivity contribution in [3.63, 3.8) is 0 Å². The van der Waals surface area contributed by atoms with Gasteiger partial charge in [-0.15, -0.1) is 0 Å². The quantitative estimate of drug-likeness (QED) is 0.761. The molecule has 0 radical (unpaired) electrons. The summed E-state index contributed by atoms with van der Waals surface area (Å²) in [6, 6.07) is 0. The van der Waals surface area contributed by atoms with Gasteiger partial charge >= 0.3 is 0 Å². The molecule has 8 atom stereocenters. The Hall–Kier alpha value is -0.380. The highest BCUT2D eigenvalue weighted by molar-refractivity contribution is 5.23. The fourth-order valence-electron chi connectivity index (χ4n) is 7.60. The van der Waals surface area contributed by atoms with Gasteiger partial charge in [-0.25, -0.2) is 0 Å². The smallest absolute Gasteiger partial charge is 0.0620 e. The molecule has 4 rings (SSSR count). The zero-order chi connectivity index (χ0) is 17.8. The molecule has 142 valence electrons. The van der Waals surface area contributed by atoms with Gasteiger partial charge in [0.15, 0.2) is 0 Å². The van der Waals surface area contributed by atoms with Crippen LogP contribution in [0.3, 0.4) is 0 Å². The first kappa shape index (κ1) is 18.0. The molecule has 3 nitrogen and oxygen atoms in total. The van der Waals surface area contributed by atoms with Crippen molar-refractivity contribution in [2.75, 3.05) is 13.2 Å². The lowest BCUT2D eigenvalue weighted by Gasteiger charge is -2.62. The van der Waals surface area contributed by atoms with Crippen LogP contribution in [0.25, 0.3) is 0 Å². The summed E-state index contributed by atoms with van der Waals surface area (Å²) in [7, 11) is 0. The molecular formula is C22H37NO2. The Bertz CT molecular complexity index is 534. The molecule has 0 aromatic rings. The number of allylic oxidation sites excluding steroid dienone is 1. The SMILES string of the molecule is C=C1CC[C@H]2[C@@H]3CCC4CC(O)CC[C@]4(C)[C@@H]3C(OCCN)C[C@]12C. The molecule has 4 aliphatic rings. The highest BCUT2D eigenvalue weighted by Gasteiger charge is 2.62. The molecule has 25 heavy (non-hydrogen) atoms. The van der Waals surface area contributed by atoms with E-state index in [0.717, 1.165) is 37.5 Å². The Kier molecular flexibility index (Phi) is 4.57. The standard InChI is InChI=1S/C22H37NO2/c1-14-4-7-18-17-6-5-15-12-16(24)8-9-21(15,2)20(17)19(25-11-10-23)13-22(14,18)3/h15-20,24H,1,4-13,23H2,2-3H3/t15?,16?,17-,18-,19?,20-,21-,22+/m0/s1. The maximum atomic E-state index is 10.2. The minimum atomic E-state index is -0.0850. The average Bonchev–Trinajstić information content (AvgIpc) is 2.88. The number of aliphatic hydroxyl groups excluding tert-OH is 1. The van der Waals surface area contributed by atoms with Gasteiger partial charge in [0, 0.05) is 6.54 Å². The lowest BCUT2D eigenvalue weighted by atomic mass is 9.44. The van der Waals surface area contributed by atoms with Crippen LogP contribution in [0.4, 0.5) is 0 Å². The van der Waals surface area contributed by atoms with Crippen molar-refractivity contribution in [1.29, 1.82) is 0 Å². The number of hydrogen-bond donors (Lipinski definition) is 2. The highest BCUT2D eigenvalue weighted by atomic mass is 16.5. The Morgan fingerprint density at radius 2 is 2.04 bits per heavy atom. The molecule has 0 aliphatic heterocycles. The minimum absolute atomic E-state index is 0.0850. The number of ether oxygens (including phenoxy) is 1. The predicted molar refractivity (Wildman–Crippen MR) is 101 cm³/mol. The first-order chi connectivity index (χ1) is 11.9. The third kappa shape index (κ3) is 2.64. The first-order valence-corrected chi connectivity index (χ1v) is 10.6. The summed E-state index contributed by atoms with van der Waals surface area (Å²) in [5.41, 5.74) is 7.84. The van der Waals surface area contributed by atoms with E-state index in [1.54, 1.807) is 0 Å². The second-order valence-electron chi connectivity index (χ2n) is 9.97. The van der Waals surface area contributed by atoms with Gasteiger partial charge in [-0.2, -0.15) is 0 Å². The van der Waals surface area contributed by atoms with Crippen molar-refractivity contribution in [2.24, 2.45) is 40.2 Å². The van der Waals surface area contributed by atoms with Crippen LogP contribution in [0.2, 0.25) is 0 Å². The first-order valence-electron chi connectivity index (χ1n) is 10.6. The highest BCUT2D eigenvalue weighted by Crippen LogP contribution is 2.67. The molecule has 0 heterocycles. The zero-order valence-corrected chi connectivity index (χ0v) is 16.2. The number of aliphatic hydroxyl groups is 1. The van der Waals surface area contributed by atoms with E-state index in [1.165, 1.54) is 31.3 Å². The summed E-state index contributed by atoms with van der Waals surface area (Å²) in [5, 5.41) is 10.2. The molecular weight excluding hydrogens is 310 g/mol. The van der Waals surface area contributed by atoms with Gasteiger partial charge in [0.1, 0.15) is 0 Å². The van der Waals surface area contributed by atoms with E-state index in [4.69, 9.17) is 10.5 Å². The van der Waals surface area contributed by atoms with E-state index in [1.807, 2.05) is 0 Å². The lowest BCUT2D eigenvalue weighted by Crippen LogP contribution is -2.59. The van der Waals surface area contributed by atoms with Crippen LogP contribution in [-0.4, -0.2) is 30.5 Å². The Morgan fingerprint density at radius 1 is 1.24 bits per heavy atom. The molecule has 4 saturated carbocycles. The monoisotopic (exact) mass is 347 g/mol. The molecule has 3 N–H and O–H groups in total. The summed E-state index contributed by atoms with van der Waals surface area (Å²) in [4.78, 5) is 0. The van der Waals surface area contributed by atoms with Crippen molar-refractivity contribution in [3.8, 4) is 0 Å². The summed E-state index contributed by atoms with van der Waals surface area (Å²) < 4.78 is 6.44. The van der Waals surface area contributed by atoms with Crippen molar-refractivity contribution < 1.29 is 9.84 Å². The van der Waals surface area contributed by atoms with E-state index in [-0.39, 0.29) is 11.5 Å². The van der Waals surface area contributed by atoms with Crippen molar-refractivity contribution in [1.82, 2.24) is 0 Å². The van der Waals surface area contributed by atoms with Crippen LogP contribution < -0.4 is 5.73 Å². The minimum Gasteiger partial charge on any atom is -0.393 e. The molecule has 0 saturated heterocycles. The van der Waals surface area contributed by atoms with Crippen molar-refractivity contribution >= 4 is 0 Å². The molecule has 3 unspecified atom stereocenters. The van der Waals surface area contributed by atoms with Crippen LogP contribution in [0.5, 0.6) is 0 Å². The van der Waals surface area contributed by atoms with Gasteiger partial charge in [-0.05, 0) is 85.9 Å². The van der Waals surface area contributed by atoms with Crippen LogP contribution in [0, 0.1) is 34.5 Å². The molecule has 0 spiro atoms. The van der Waals surface area contributed by atoms with Crippen LogP contribution in [-0.2, 0) is 4.74 Å². The maximum Gasteiger partial charge on any atom is 0.0620 e. The van der Waals surface area contributed by atoms with Gasteiger partial charge < -0.3 is 15.6 Å². The van der Waals surface area contributed by atoms with Crippen molar-refractivity contribution in [2.45, 2.75) is 77.4 Å². The topological polar surface area (TPSA) is 55.5 Å². The Balaban J connectivity index is 1.69. The summed E-state index contributed by atoms with van der Waals surface area (Å²) >= 11 is 0. The fraction of sp³-hybridized carbons (Fsp3) is 0.909. The number of fused-ring (bicyclic) bond motifs is 5. The molecule has 4 aliphatic carbocycles. The van der Waals surface area contributed by atoms with E-state index in [2.05, 4.69) is 20.4 Å². The number of nitrogens with two attached hydrogens (primary N) is 1. The maximum absolute atomic E-state index is 10.2. The van der Waals surface area contributed by atoms with Crippen LogP contribution >= 0.6 is 0 Å². The fourth-order valence-corrected chi connectivity index (χ4v) is 7.60.